The van der Waals surface area contributed by atoms with E-state index in [1.807, 2.05) is 30.3 Å². The van der Waals surface area contributed by atoms with Gasteiger partial charge in [0.25, 0.3) is 5.91 Å². The smallest absolute Gasteiger partial charge is 0.288 e. The Bertz CT molecular complexity index is 780. The fourth-order valence-corrected chi connectivity index (χ4v) is 2.59. The molecule has 0 fully saturated rings. The van der Waals surface area contributed by atoms with Crippen LogP contribution in [0.2, 0.25) is 0 Å². The molecule has 2 aromatic carbocycles. The summed E-state index contributed by atoms with van der Waals surface area (Å²) in [7, 11) is -0.983. The zero-order valence-corrected chi connectivity index (χ0v) is 14.9. The SMILES string of the molecule is Cc1c(Cc2ccccc2)cc(OCC[PH2]=O)c(NC(=O)C=O)c1F. The number of rotatable bonds is 8. The molecule has 5 nitrogen and oxygen atoms in total. The number of benzene rings is 2. The Kier molecular flexibility index (Phi) is 6.90. The van der Waals surface area contributed by atoms with Gasteiger partial charge in [-0.2, -0.15) is 0 Å². The average molecular weight is 363 g/mol. The number of carbonyl (C=O) groups excluding carboxylic acids is 2. The molecular weight excluding hydrogens is 344 g/mol. The first-order chi connectivity index (χ1) is 12.1. The number of nitrogens with one attached hydrogen (secondary N) is 1. The van der Waals surface area contributed by atoms with E-state index in [9.17, 15) is 18.5 Å². The molecule has 0 saturated carbocycles. The Morgan fingerprint density at radius 3 is 2.68 bits per heavy atom. The van der Waals surface area contributed by atoms with Gasteiger partial charge in [0.2, 0.25) is 6.29 Å². The van der Waals surface area contributed by atoms with Crippen LogP contribution in [0, 0.1) is 12.7 Å². The lowest BCUT2D eigenvalue weighted by atomic mass is 9.98. The lowest BCUT2D eigenvalue weighted by molar-refractivity contribution is -0.127. The van der Waals surface area contributed by atoms with Gasteiger partial charge in [-0.05, 0) is 36.1 Å². The van der Waals surface area contributed by atoms with Crippen molar-refractivity contribution in [3.63, 3.8) is 0 Å². The van der Waals surface area contributed by atoms with E-state index in [-0.39, 0.29) is 24.3 Å². The van der Waals surface area contributed by atoms with Crippen LogP contribution in [0.3, 0.4) is 0 Å². The number of anilines is 1. The molecular formula is C18H19FNO4P. The van der Waals surface area contributed by atoms with Gasteiger partial charge in [-0.1, -0.05) is 30.3 Å². The Morgan fingerprint density at radius 1 is 1.32 bits per heavy atom. The predicted molar refractivity (Wildman–Crippen MR) is 95.8 cm³/mol. The summed E-state index contributed by atoms with van der Waals surface area (Å²) in [6.07, 6.45) is 0.900. The van der Waals surface area contributed by atoms with Crippen molar-refractivity contribution in [2.45, 2.75) is 13.3 Å². The van der Waals surface area contributed by atoms with Crippen LogP contribution in [-0.2, 0) is 20.6 Å². The minimum Gasteiger partial charge on any atom is -0.491 e. The number of halogens is 1. The quantitative estimate of drug-likeness (QED) is 0.339. The number of hydrogen-bond acceptors (Lipinski definition) is 4. The van der Waals surface area contributed by atoms with E-state index in [1.54, 1.807) is 13.0 Å². The van der Waals surface area contributed by atoms with Crippen molar-refractivity contribution < 1.29 is 23.3 Å². The molecule has 1 N–H and O–H groups in total. The highest BCUT2D eigenvalue weighted by atomic mass is 31.1. The second kappa shape index (κ2) is 9.14. The minimum absolute atomic E-state index is 0.0677. The van der Waals surface area contributed by atoms with Gasteiger partial charge in [0.15, 0.2) is 5.82 Å². The highest BCUT2D eigenvalue weighted by molar-refractivity contribution is 7.23. The van der Waals surface area contributed by atoms with E-state index in [2.05, 4.69) is 5.32 Å². The number of hydrogen-bond donors (Lipinski definition) is 1. The van der Waals surface area contributed by atoms with Crippen molar-refractivity contribution in [1.29, 1.82) is 0 Å². The minimum atomic E-state index is -0.983. The molecule has 132 valence electrons. The van der Waals surface area contributed by atoms with E-state index >= 15 is 0 Å². The Balaban J connectivity index is 2.41. The van der Waals surface area contributed by atoms with E-state index in [4.69, 9.17) is 4.74 Å². The Labute approximate surface area is 146 Å². The first-order valence-corrected chi connectivity index (χ1v) is 9.04. The fourth-order valence-electron chi connectivity index (χ4n) is 2.37. The highest BCUT2D eigenvalue weighted by Crippen LogP contribution is 2.33. The summed E-state index contributed by atoms with van der Waals surface area (Å²) in [5.41, 5.74) is 1.90. The van der Waals surface area contributed by atoms with Gasteiger partial charge in [0.1, 0.15) is 11.4 Å². The summed E-state index contributed by atoms with van der Waals surface area (Å²) < 4.78 is 30.9. The van der Waals surface area contributed by atoms with Crippen LogP contribution in [0.25, 0.3) is 0 Å². The summed E-state index contributed by atoms with van der Waals surface area (Å²) in [5.74, 6) is -1.49. The van der Waals surface area contributed by atoms with Crippen LogP contribution in [0.4, 0.5) is 10.1 Å². The third-order valence-electron chi connectivity index (χ3n) is 3.67. The fraction of sp³-hybridized carbons (Fsp3) is 0.222. The van der Waals surface area contributed by atoms with E-state index < -0.39 is 20.2 Å². The van der Waals surface area contributed by atoms with Gasteiger partial charge < -0.3 is 14.6 Å². The second-order valence-corrected chi connectivity index (χ2v) is 6.33. The van der Waals surface area contributed by atoms with Crippen LogP contribution in [-0.4, -0.2) is 25.0 Å². The molecule has 0 saturated heterocycles. The van der Waals surface area contributed by atoms with Crippen molar-refractivity contribution in [3.8, 4) is 5.75 Å². The maximum atomic E-state index is 14.8. The largest absolute Gasteiger partial charge is 0.491 e. The summed E-state index contributed by atoms with van der Waals surface area (Å²) >= 11 is 0. The van der Waals surface area contributed by atoms with Gasteiger partial charge in [0, 0.05) is 6.16 Å². The molecule has 0 bridgehead atoms. The standard InChI is InChI=1S/C18H19FNO4P/c1-12-14(9-13-5-3-2-4-6-13)10-15(24-7-8-25-23)18(17(12)19)20-16(22)11-21/h2-6,10-11H,7-9,25H2,1H3,(H,20,22). The van der Waals surface area contributed by atoms with Crippen LogP contribution in [0.1, 0.15) is 16.7 Å². The molecule has 7 heteroatoms. The highest BCUT2D eigenvalue weighted by Gasteiger charge is 2.19. The van der Waals surface area contributed by atoms with Crippen LogP contribution >= 0.6 is 8.46 Å². The van der Waals surface area contributed by atoms with Crippen molar-refractivity contribution in [2.75, 3.05) is 18.1 Å². The lowest BCUT2D eigenvalue weighted by Crippen LogP contribution is -2.16. The van der Waals surface area contributed by atoms with Gasteiger partial charge in [0.05, 0.1) is 15.1 Å². The van der Waals surface area contributed by atoms with Gasteiger partial charge >= 0.3 is 0 Å². The first-order valence-electron chi connectivity index (χ1n) is 7.75. The summed E-state index contributed by atoms with van der Waals surface area (Å²) in [4.78, 5) is 21.9. The molecule has 0 aliphatic carbocycles. The maximum Gasteiger partial charge on any atom is 0.288 e. The molecule has 25 heavy (non-hydrogen) atoms. The number of carbonyl (C=O) groups is 2. The van der Waals surface area contributed by atoms with Gasteiger partial charge in [-0.15, -0.1) is 0 Å². The number of ether oxygens (including phenoxy) is 1. The van der Waals surface area contributed by atoms with Crippen LogP contribution in [0.5, 0.6) is 5.75 Å². The van der Waals surface area contributed by atoms with Crippen LogP contribution < -0.4 is 10.1 Å². The van der Waals surface area contributed by atoms with E-state index in [1.165, 1.54) is 0 Å². The van der Waals surface area contributed by atoms with Crippen molar-refractivity contribution >= 4 is 26.3 Å². The molecule has 1 atom stereocenters. The maximum absolute atomic E-state index is 14.8. The second-order valence-electron chi connectivity index (χ2n) is 5.42. The van der Waals surface area contributed by atoms with Gasteiger partial charge in [-0.25, -0.2) is 4.39 Å². The average Bonchev–Trinajstić information content (AvgIpc) is 2.63. The molecule has 0 aromatic heterocycles. The molecule has 2 rings (SSSR count). The first kappa shape index (κ1) is 18.9. The summed E-state index contributed by atoms with van der Waals surface area (Å²) in [5, 5.41) is 2.21. The zero-order valence-electron chi connectivity index (χ0n) is 13.8. The van der Waals surface area contributed by atoms with E-state index in [0.717, 1.165) is 5.56 Å². The van der Waals surface area contributed by atoms with Crippen molar-refractivity contribution in [2.24, 2.45) is 0 Å². The summed E-state index contributed by atoms with van der Waals surface area (Å²) in [6.45, 7) is 1.74. The van der Waals surface area contributed by atoms with E-state index in [0.29, 0.717) is 23.7 Å². The molecule has 0 aliphatic rings. The Morgan fingerprint density at radius 2 is 2.04 bits per heavy atom. The van der Waals surface area contributed by atoms with Crippen LogP contribution in [0.15, 0.2) is 36.4 Å². The Hall–Kier alpha value is -2.46. The molecule has 1 unspecified atom stereocenters. The number of amides is 1. The third-order valence-corrected chi connectivity index (χ3v) is 4.14. The lowest BCUT2D eigenvalue weighted by Gasteiger charge is -2.17. The van der Waals surface area contributed by atoms with Crippen molar-refractivity contribution in [3.05, 3.63) is 58.9 Å². The van der Waals surface area contributed by atoms with Crippen molar-refractivity contribution in [1.82, 2.24) is 0 Å². The third kappa shape index (κ3) is 5.00. The predicted octanol–water partition coefficient (Wildman–Crippen LogP) is 3.00. The molecule has 1 amide bonds. The molecule has 2 aromatic rings. The summed E-state index contributed by atoms with van der Waals surface area (Å²) in [6, 6.07) is 11.2. The molecule has 0 spiro atoms. The number of aldehydes is 1. The zero-order chi connectivity index (χ0) is 18.2. The normalized spacial score (nSPS) is 10.8. The molecule has 0 aliphatic heterocycles. The monoisotopic (exact) mass is 363 g/mol. The molecule has 0 radical (unpaired) electrons. The molecule has 0 heterocycles. The topological polar surface area (TPSA) is 72.5 Å². The van der Waals surface area contributed by atoms with Gasteiger partial charge in [-0.3, -0.25) is 9.59 Å².